The van der Waals surface area contributed by atoms with Gasteiger partial charge < -0.3 is 9.64 Å². The fourth-order valence-electron chi connectivity index (χ4n) is 4.69. The zero-order valence-electron chi connectivity index (χ0n) is 20.9. The summed E-state index contributed by atoms with van der Waals surface area (Å²) in [6, 6.07) is 8.69. The first-order valence-electron chi connectivity index (χ1n) is 12.2. The average Bonchev–Trinajstić information content (AvgIpc) is 3.03. The number of fused-ring (bicyclic) bond motifs is 2. The van der Waals surface area contributed by atoms with Gasteiger partial charge in [0.25, 0.3) is 0 Å². The molecule has 0 atom stereocenters. The Morgan fingerprint density at radius 2 is 1.82 bits per heavy atom. The van der Waals surface area contributed by atoms with E-state index in [2.05, 4.69) is 59.9 Å². The van der Waals surface area contributed by atoms with Crippen LogP contribution < -0.4 is 9.64 Å². The molecule has 1 aliphatic carbocycles. The maximum Gasteiger partial charge on any atom is 0.135 e. The molecule has 1 aromatic carbocycles. The lowest BCUT2D eigenvalue weighted by Gasteiger charge is -2.33. The van der Waals surface area contributed by atoms with Crippen LogP contribution in [0.1, 0.15) is 62.2 Å². The molecule has 5 heteroatoms. The van der Waals surface area contributed by atoms with Gasteiger partial charge in [0.05, 0.1) is 6.54 Å². The summed E-state index contributed by atoms with van der Waals surface area (Å²) in [6.45, 7) is 15.1. The molecule has 0 saturated carbocycles. The third-order valence-corrected chi connectivity index (χ3v) is 6.72. The minimum atomic E-state index is 0.288. The number of anilines is 1. The van der Waals surface area contributed by atoms with Crippen LogP contribution in [-0.2, 0) is 19.4 Å². The first-order valence-corrected chi connectivity index (χ1v) is 12.2. The Morgan fingerprint density at radius 1 is 1.00 bits per heavy atom. The molecule has 0 fully saturated rings. The summed E-state index contributed by atoms with van der Waals surface area (Å²) in [5, 5.41) is 0. The van der Waals surface area contributed by atoms with Crippen LogP contribution >= 0.6 is 0 Å². The molecule has 2 aromatic heterocycles. The zero-order valence-corrected chi connectivity index (χ0v) is 20.9. The largest absolute Gasteiger partial charge is 0.491 e. The van der Waals surface area contributed by atoms with E-state index in [1.807, 2.05) is 27.0 Å². The Labute approximate surface area is 198 Å². The molecule has 1 aliphatic heterocycles. The quantitative estimate of drug-likeness (QED) is 0.478. The molecule has 3 aromatic rings. The van der Waals surface area contributed by atoms with E-state index in [0.29, 0.717) is 6.61 Å². The van der Waals surface area contributed by atoms with Crippen molar-refractivity contribution >= 4 is 5.82 Å². The molecule has 174 valence electrons. The van der Waals surface area contributed by atoms with Gasteiger partial charge in [-0.15, -0.1) is 0 Å². The molecule has 0 radical (unpaired) electrons. The first kappa shape index (κ1) is 23.2. The molecule has 33 heavy (non-hydrogen) atoms. The average molecular weight is 445 g/mol. The van der Waals surface area contributed by atoms with Gasteiger partial charge in [0, 0.05) is 40.8 Å². The Hall–Kier alpha value is -2.95. The third-order valence-electron chi connectivity index (χ3n) is 6.72. The predicted molar refractivity (Wildman–Crippen MR) is 135 cm³/mol. The van der Waals surface area contributed by atoms with Crippen LogP contribution in [0.3, 0.4) is 0 Å². The van der Waals surface area contributed by atoms with Gasteiger partial charge in [-0.3, -0.25) is 4.98 Å². The van der Waals surface area contributed by atoms with Crippen LogP contribution in [-0.4, -0.2) is 28.1 Å². The van der Waals surface area contributed by atoms with E-state index in [4.69, 9.17) is 9.72 Å². The lowest BCUT2D eigenvalue weighted by molar-refractivity contribution is 0.310. The van der Waals surface area contributed by atoms with Crippen molar-refractivity contribution in [2.24, 2.45) is 5.41 Å². The second-order valence-electron chi connectivity index (χ2n) is 9.68. The monoisotopic (exact) mass is 444 g/mol. The van der Waals surface area contributed by atoms with Gasteiger partial charge in [-0.25, -0.2) is 9.97 Å². The van der Waals surface area contributed by atoms with Crippen LogP contribution in [0.25, 0.3) is 11.1 Å². The fourth-order valence-corrected chi connectivity index (χ4v) is 4.69. The van der Waals surface area contributed by atoms with Crippen molar-refractivity contribution in [2.75, 3.05) is 18.1 Å². The van der Waals surface area contributed by atoms with E-state index >= 15 is 0 Å². The van der Waals surface area contributed by atoms with Crippen LogP contribution in [0, 0.1) is 19.3 Å². The maximum absolute atomic E-state index is 6.12. The summed E-state index contributed by atoms with van der Waals surface area (Å²) in [6.07, 6.45) is 6.92. The number of hydrogen-bond acceptors (Lipinski definition) is 5. The summed E-state index contributed by atoms with van der Waals surface area (Å²) >= 11 is 0. The van der Waals surface area contributed by atoms with E-state index < -0.39 is 0 Å². The van der Waals surface area contributed by atoms with Crippen LogP contribution in [0.15, 0.2) is 36.8 Å². The second-order valence-corrected chi connectivity index (χ2v) is 9.68. The topological polar surface area (TPSA) is 51.1 Å². The van der Waals surface area contributed by atoms with Crippen molar-refractivity contribution in [1.29, 1.82) is 0 Å². The Bertz CT molecular complexity index is 1140. The van der Waals surface area contributed by atoms with Crippen molar-refractivity contribution in [1.82, 2.24) is 15.0 Å². The summed E-state index contributed by atoms with van der Waals surface area (Å²) in [7, 11) is 0. The van der Waals surface area contributed by atoms with E-state index in [1.54, 1.807) is 6.33 Å². The minimum Gasteiger partial charge on any atom is -0.491 e. The van der Waals surface area contributed by atoms with Crippen molar-refractivity contribution in [3.63, 3.8) is 0 Å². The zero-order chi connectivity index (χ0) is 23.6. The normalized spacial score (nSPS) is 16.5. The lowest BCUT2D eigenvalue weighted by atomic mass is 9.76. The van der Waals surface area contributed by atoms with Crippen molar-refractivity contribution in [3.8, 4) is 16.9 Å². The molecule has 0 bridgehead atoms. The maximum atomic E-state index is 6.12. The molecule has 0 saturated heterocycles. The third kappa shape index (κ3) is 4.87. The van der Waals surface area contributed by atoms with Crippen molar-refractivity contribution < 1.29 is 4.74 Å². The van der Waals surface area contributed by atoms with Gasteiger partial charge in [-0.1, -0.05) is 33.8 Å². The highest BCUT2D eigenvalue weighted by atomic mass is 16.5. The molecule has 5 rings (SSSR count). The summed E-state index contributed by atoms with van der Waals surface area (Å²) in [4.78, 5) is 16.3. The fraction of sp³-hybridized carbons (Fsp3) is 0.464. The van der Waals surface area contributed by atoms with Crippen LogP contribution in [0.2, 0.25) is 0 Å². The van der Waals surface area contributed by atoms with Gasteiger partial charge in [-0.05, 0) is 67.9 Å². The van der Waals surface area contributed by atoms with Gasteiger partial charge in [0.15, 0.2) is 0 Å². The number of aryl methyl sites for hydroxylation is 3. The van der Waals surface area contributed by atoms with Crippen molar-refractivity contribution in [3.05, 3.63) is 64.9 Å². The number of aromatic nitrogens is 3. The molecular formula is C28H36N4O. The number of benzene rings is 1. The highest BCUT2D eigenvalue weighted by Gasteiger charge is 2.30. The number of hydrogen-bond donors (Lipinski definition) is 0. The number of rotatable bonds is 2. The van der Waals surface area contributed by atoms with Gasteiger partial charge in [0.1, 0.15) is 24.5 Å². The molecule has 2 aliphatic rings. The Morgan fingerprint density at radius 3 is 2.61 bits per heavy atom. The number of ether oxygens (including phenoxy) is 1. The van der Waals surface area contributed by atoms with E-state index in [0.717, 1.165) is 48.8 Å². The summed E-state index contributed by atoms with van der Waals surface area (Å²) in [5.74, 6) is 2.04. The highest BCUT2D eigenvalue weighted by Crippen LogP contribution is 2.38. The Kier molecular flexibility index (Phi) is 6.68. The van der Waals surface area contributed by atoms with Gasteiger partial charge >= 0.3 is 0 Å². The highest BCUT2D eigenvalue weighted by molar-refractivity contribution is 5.66. The van der Waals surface area contributed by atoms with E-state index in [-0.39, 0.29) is 5.41 Å². The predicted octanol–water partition coefficient (Wildman–Crippen LogP) is 6.10. The molecule has 0 spiro atoms. The number of pyridine rings is 1. The molecule has 5 nitrogen and oxygen atoms in total. The Balaban J connectivity index is 0.00000126. The van der Waals surface area contributed by atoms with E-state index in [9.17, 15) is 0 Å². The first-order chi connectivity index (χ1) is 15.9. The van der Waals surface area contributed by atoms with Gasteiger partial charge in [-0.2, -0.15) is 0 Å². The van der Waals surface area contributed by atoms with Crippen LogP contribution in [0.5, 0.6) is 5.75 Å². The van der Waals surface area contributed by atoms with Gasteiger partial charge in [0.2, 0.25) is 0 Å². The summed E-state index contributed by atoms with van der Waals surface area (Å²) < 4.78 is 6.12. The molecule has 0 unspecified atom stereocenters. The standard InChI is InChI=1S/C26H30N4O.C2H6/c1-17-11-20(14-27-18(17)2)19-5-6-24-21(12-19)15-30(9-10-31-24)25-22-13-26(3,4)8-7-23(22)28-16-29-25;1-2/h5-6,11-12,14,16H,7-10,13,15H2,1-4H3;1-2H3. The number of nitrogens with zero attached hydrogens (tertiary/aromatic N) is 4. The molecule has 0 amide bonds. The SMILES string of the molecule is CC.Cc1cc(-c2ccc3c(c2)CN(c2ncnc4c2CC(C)(C)CC4)CCO3)cnc1C. The molecule has 3 heterocycles. The molecule has 0 N–H and O–H groups in total. The minimum absolute atomic E-state index is 0.288. The summed E-state index contributed by atoms with van der Waals surface area (Å²) in [5.41, 5.74) is 8.60. The van der Waals surface area contributed by atoms with E-state index in [1.165, 1.54) is 34.4 Å². The lowest BCUT2D eigenvalue weighted by Crippen LogP contribution is -2.31. The van der Waals surface area contributed by atoms with Crippen molar-refractivity contribution in [2.45, 2.75) is 67.3 Å². The second kappa shape index (κ2) is 9.50. The van der Waals surface area contributed by atoms with Crippen LogP contribution in [0.4, 0.5) is 5.82 Å². The molecular weight excluding hydrogens is 408 g/mol. The smallest absolute Gasteiger partial charge is 0.135 e.